The molecule has 3 aromatic rings. The van der Waals surface area contributed by atoms with Gasteiger partial charge in [0.1, 0.15) is 6.61 Å². The topological polar surface area (TPSA) is 105 Å². The molecule has 1 atom stereocenters. The Labute approximate surface area is 204 Å². The highest BCUT2D eigenvalue weighted by molar-refractivity contribution is 5.87. The quantitative estimate of drug-likeness (QED) is 0.423. The first-order valence-corrected chi connectivity index (χ1v) is 11.6. The second-order valence-electron chi connectivity index (χ2n) is 8.80. The summed E-state index contributed by atoms with van der Waals surface area (Å²) in [4.78, 5) is 35.6. The number of ether oxygens (including phenoxy) is 1. The number of carbonyl (C=O) groups is 3. The van der Waals surface area contributed by atoms with Crippen LogP contribution in [0.4, 0.5) is 4.79 Å². The minimum absolute atomic E-state index is 0.00372. The fraction of sp³-hybridized carbons (Fsp3) is 0.250. The highest BCUT2D eigenvalue weighted by Crippen LogP contribution is 2.44. The lowest BCUT2D eigenvalue weighted by atomic mass is 9.98. The summed E-state index contributed by atoms with van der Waals surface area (Å²) in [5, 5.41) is 14.6. The Hall–Kier alpha value is -4.13. The molecule has 0 bridgehead atoms. The van der Waals surface area contributed by atoms with Crippen molar-refractivity contribution in [1.29, 1.82) is 0 Å². The highest BCUT2D eigenvalue weighted by atomic mass is 16.5. The molecule has 3 N–H and O–H groups in total. The minimum atomic E-state index is -1.01. The molecule has 0 spiro atoms. The van der Waals surface area contributed by atoms with Gasteiger partial charge in [-0.1, -0.05) is 67.6 Å². The summed E-state index contributed by atoms with van der Waals surface area (Å²) in [6.45, 7) is 2.66. The third-order valence-corrected chi connectivity index (χ3v) is 6.14. The smallest absolute Gasteiger partial charge is 0.407 e. The number of amides is 2. The van der Waals surface area contributed by atoms with E-state index in [4.69, 9.17) is 9.84 Å². The monoisotopic (exact) mass is 472 g/mol. The molecule has 0 aliphatic heterocycles. The predicted octanol–water partition coefficient (Wildman–Crippen LogP) is 4.57. The van der Waals surface area contributed by atoms with Crippen LogP contribution in [-0.2, 0) is 16.1 Å². The molecule has 0 saturated heterocycles. The predicted molar refractivity (Wildman–Crippen MR) is 132 cm³/mol. The minimum Gasteiger partial charge on any atom is -0.478 e. The van der Waals surface area contributed by atoms with Gasteiger partial charge in [-0.15, -0.1) is 0 Å². The lowest BCUT2D eigenvalue weighted by Crippen LogP contribution is -2.32. The zero-order chi connectivity index (χ0) is 24.8. The number of carboxylic acid groups (broad SMARTS) is 1. The molecule has 0 saturated carbocycles. The largest absolute Gasteiger partial charge is 0.478 e. The first-order chi connectivity index (χ1) is 16.9. The number of rotatable bonds is 9. The summed E-state index contributed by atoms with van der Waals surface area (Å²) < 4.78 is 5.53. The zero-order valence-corrected chi connectivity index (χ0v) is 19.5. The van der Waals surface area contributed by atoms with Crippen molar-refractivity contribution in [3.63, 3.8) is 0 Å². The number of carbonyl (C=O) groups excluding carboxylic acids is 2. The Morgan fingerprint density at radius 3 is 2.23 bits per heavy atom. The average Bonchev–Trinajstić information content (AvgIpc) is 3.19. The average molecular weight is 473 g/mol. The van der Waals surface area contributed by atoms with Gasteiger partial charge < -0.3 is 20.5 Å². The molecular formula is C28H28N2O5. The van der Waals surface area contributed by atoms with E-state index in [-0.39, 0.29) is 42.9 Å². The summed E-state index contributed by atoms with van der Waals surface area (Å²) in [5.74, 6) is -1.28. The Kier molecular flexibility index (Phi) is 7.45. The maximum absolute atomic E-state index is 12.3. The first-order valence-electron chi connectivity index (χ1n) is 11.6. The third-order valence-electron chi connectivity index (χ3n) is 6.14. The van der Waals surface area contributed by atoms with Crippen molar-refractivity contribution in [2.24, 2.45) is 5.92 Å². The van der Waals surface area contributed by atoms with E-state index in [0.29, 0.717) is 12.1 Å². The molecule has 3 aromatic carbocycles. The fourth-order valence-electron chi connectivity index (χ4n) is 4.38. The van der Waals surface area contributed by atoms with Crippen molar-refractivity contribution < 1.29 is 24.2 Å². The Bertz CT molecular complexity index is 1190. The Morgan fingerprint density at radius 1 is 0.914 bits per heavy atom. The van der Waals surface area contributed by atoms with Crippen molar-refractivity contribution in [1.82, 2.24) is 10.6 Å². The molecule has 2 amide bonds. The van der Waals surface area contributed by atoms with E-state index in [9.17, 15) is 14.4 Å². The Morgan fingerprint density at radius 2 is 1.57 bits per heavy atom. The van der Waals surface area contributed by atoms with E-state index in [1.54, 1.807) is 12.1 Å². The van der Waals surface area contributed by atoms with Crippen molar-refractivity contribution in [3.8, 4) is 11.1 Å². The fourth-order valence-corrected chi connectivity index (χ4v) is 4.38. The van der Waals surface area contributed by atoms with Gasteiger partial charge in [-0.3, -0.25) is 4.79 Å². The van der Waals surface area contributed by atoms with Crippen LogP contribution >= 0.6 is 0 Å². The SMILES string of the molecule is CC(CNC(=O)OCC1c2ccccc2-c2ccccc21)CC(=O)NCc1cccc(C(=O)O)c1. The van der Waals surface area contributed by atoms with Crippen LogP contribution < -0.4 is 10.6 Å². The number of hydrogen-bond acceptors (Lipinski definition) is 4. The Balaban J connectivity index is 1.21. The molecule has 7 heteroatoms. The summed E-state index contributed by atoms with van der Waals surface area (Å²) in [6, 6.07) is 22.8. The maximum atomic E-state index is 12.3. The van der Waals surface area contributed by atoms with Gasteiger partial charge in [-0.2, -0.15) is 0 Å². The molecular weight excluding hydrogens is 444 g/mol. The van der Waals surface area contributed by atoms with Crippen molar-refractivity contribution in [2.75, 3.05) is 13.2 Å². The number of aromatic carboxylic acids is 1. The second kappa shape index (κ2) is 10.9. The molecule has 0 heterocycles. The van der Waals surface area contributed by atoms with Crippen LogP contribution in [0.3, 0.4) is 0 Å². The molecule has 7 nitrogen and oxygen atoms in total. The van der Waals surface area contributed by atoms with Crippen LogP contribution in [0.5, 0.6) is 0 Å². The van der Waals surface area contributed by atoms with Gasteiger partial charge in [0, 0.05) is 25.4 Å². The summed E-state index contributed by atoms with van der Waals surface area (Å²) in [6.07, 6.45) is -0.285. The molecule has 35 heavy (non-hydrogen) atoms. The van der Waals surface area contributed by atoms with E-state index in [1.807, 2.05) is 31.2 Å². The molecule has 1 aliphatic carbocycles. The number of nitrogens with one attached hydrogen (secondary N) is 2. The summed E-state index contributed by atoms with van der Waals surface area (Å²) in [5.41, 5.74) is 5.54. The van der Waals surface area contributed by atoms with Gasteiger partial charge in [-0.25, -0.2) is 9.59 Å². The van der Waals surface area contributed by atoms with Gasteiger partial charge >= 0.3 is 12.1 Å². The van der Waals surface area contributed by atoms with E-state index >= 15 is 0 Å². The summed E-state index contributed by atoms with van der Waals surface area (Å²) in [7, 11) is 0. The van der Waals surface area contributed by atoms with E-state index in [2.05, 4.69) is 34.9 Å². The molecule has 1 unspecified atom stereocenters. The second-order valence-corrected chi connectivity index (χ2v) is 8.80. The van der Waals surface area contributed by atoms with Gasteiger partial charge in [-0.05, 0) is 45.9 Å². The van der Waals surface area contributed by atoms with Crippen LogP contribution in [0.15, 0.2) is 72.8 Å². The normalized spacial score (nSPS) is 12.8. The standard InChI is InChI=1S/C28H28N2O5/c1-18(13-26(31)29-16-19-7-6-8-20(14-19)27(32)33)15-30-28(34)35-17-25-23-11-4-2-9-21(23)22-10-3-5-12-24(22)25/h2-12,14,18,25H,13,15-17H2,1H3,(H,29,31)(H,30,34)(H,32,33). The van der Waals surface area contributed by atoms with E-state index < -0.39 is 12.1 Å². The number of alkyl carbamates (subject to hydrolysis) is 1. The van der Waals surface area contributed by atoms with Crippen molar-refractivity contribution in [3.05, 3.63) is 95.1 Å². The molecule has 0 radical (unpaired) electrons. The summed E-state index contributed by atoms with van der Waals surface area (Å²) >= 11 is 0. The van der Waals surface area contributed by atoms with Gasteiger partial charge in [0.05, 0.1) is 5.56 Å². The highest BCUT2D eigenvalue weighted by Gasteiger charge is 2.29. The lowest BCUT2D eigenvalue weighted by Gasteiger charge is -2.16. The zero-order valence-electron chi connectivity index (χ0n) is 19.5. The van der Waals surface area contributed by atoms with Crippen LogP contribution in [0.2, 0.25) is 0 Å². The van der Waals surface area contributed by atoms with Crippen LogP contribution in [0, 0.1) is 5.92 Å². The van der Waals surface area contributed by atoms with Gasteiger partial charge in [0.15, 0.2) is 0 Å². The lowest BCUT2D eigenvalue weighted by molar-refractivity contribution is -0.122. The van der Waals surface area contributed by atoms with E-state index in [1.165, 1.54) is 23.3 Å². The number of carboxylic acids is 1. The molecule has 1 aliphatic rings. The molecule has 0 aromatic heterocycles. The van der Waals surface area contributed by atoms with Gasteiger partial charge in [0.25, 0.3) is 0 Å². The van der Waals surface area contributed by atoms with Crippen molar-refractivity contribution in [2.45, 2.75) is 25.8 Å². The number of fused-ring (bicyclic) bond motifs is 3. The van der Waals surface area contributed by atoms with Gasteiger partial charge in [0.2, 0.25) is 5.91 Å². The first kappa shape index (κ1) is 24.0. The number of benzene rings is 3. The maximum Gasteiger partial charge on any atom is 0.407 e. The van der Waals surface area contributed by atoms with E-state index in [0.717, 1.165) is 11.1 Å². The molecule has 0 fully saturated rings. The van der Waals surface area contributed by atoms with Crippen LogP contribution in [-0.4, -0.2) is 36.2 Å². The van der Waals surface area contributed by atoms with Crippen LogP contribution in [0.1, 0.15) is 46.3 Å². The third kappa shape index (κ3) is 5.87. The molecule has 180 valence electrons. The number of hydrogen-bond donors (Lipinski definition) is 3. The van der Waals surface area contributed by atoms with Crippen LogP contribution in [0.25, 0.3) is 11.1 Å². The van der Waals surface area contributed by atoms with Crippen molar-refractivity contribution >= 4 is 18.0 Å². The molecule has 4 rings (SSSR count).